The molecule has 45 heavy (non-hydrogen) atoms. The van der Waals surface area contributed by atoms with E-state index in [0.29, 0.717) is 30.7 Å². The lowest BCUT2D eigenvalue weighted by atomic mass is 9.85. The van der Waals surface area contributed by atoms with E-state index >= 15 is 0 Å². The number of primary amides is 1. The Hall–Kier alpha value is -3.58. The fourth-order valence-corrected chi connectivity index (χ4v) is 5.54. The third kappa shape index (κ3) is 10.8. The van der Waals surface area contributed by atoms with Crippen molar-refractivity contribution in [2.24, 2.45) is 17.6 Å². The number of Topliss-reactive ketones (excluding diaryl/α,β-unsaturated/α-hetero) is 1. The van der Waals surface area contributed by atoms with Crippen molar-refractivity contribution in [1.29, 1.82) is 0 Å². The molecule has 1 unspecified atom stereocenters. The second-order valence-electron chi connectivity index (χ2n) is 11.9. The predicted molar refractivity (Wildman–Crippen MR) is 171 cm³/mol. The largest absolute Gasteiger partial charge is 0.439 e. The monoisotopic (exact) mass is 630 g/mol. The van der Waals surface area contributed by atoms with Crippen molar-refractivity contribution in [3.8, 4) is 0 Å². The smallest absolute Gasteiger partial charge is 0.405 e. The zero-order valence-electron chi connectivity index (χ0n) is 28.0. The Morgan fingerprint density at radius 2 is 1.78 bits per heavy atom. The highest BCUT2D eigenvalue weighted by Gasteiger charge is 2.34. The van der Waals surface area contributed by atoms with Crippen LogP contribution in [-0.2, 0) is 33.3 Å². The molecule has 0 fully saturated rings. The van der Waals surface area contributed by atoms with Crippen LogP contribution < -0.4 is 16.4 Å². The van der Waals surface area contributed by atoms with Gasteiger partial charge in [0.05, 0.1) is 23.6 Å². The number of nitrogens with two attached hydrogens (primary N) is 1. The maximum absolute atomic E-state index is 13.8. The van der Waals surface area contributed by atoms with Crippen LogP contribution in [0.4, 0.5) is 4.79 Å². The first kappa shape index (κ1) is 37.6. The molecule has 6 atom stereocenters. The Bertz CT molecular complexity index is 1250. The Morgan fingerprint density at radius 3 is 2.36 bits per heavy atom. The topological polar surface area (TPSA) is 159 Å². The highest BCUT2D eigenvalue weighted by molar-refractivity contribution is 6.23. The van der Waals surface area contributed by atoms with Crippen molar-refractivity contribution in [3.05, 3.63) is 58.5 Å². The number of allylic oxidation sites excluding steroid dienone is 4. The summed E-state index contributed by atoms with van der Waals surface area (Å²) >= 11 is 0. The Morgan fingerprint density at radius 1 is 1.09 bits per heavy atom. The van der Waals surface area contributed by atoms with Gasteiger partial charge in [0.25, 0.3) is 5.91 Å². The molecule has 0 radical (unpaired) electrons. The number of nitrogens with zero attached hydrogens (tertiary/aromatic N) is 1. The summed E-state index contributed by atoms with van der Waals surface area (Å²) in [7, 11) is 8.50. The van der Waals surface area contributed by atoms with Gasteiger partial charge >= 0.3 is 6.09 Å². The molecule has 0 aromatic carbocycles. The first-order valence-electron chi connectivity index (χ1n) is 15.1. The molecule has 1 aliphatic heterocycles. The first-order valence-corrected chi connectivity index (χ1v) is 15.1. The number of carbonyl (C=O) groups excluding carboxylic acids is 4. The average molecular weight is 631 g/mol. The molecule has 0 saturated heterocycles. The molecule has 0 aromatic rings. The van der Waals surface area contributed by atoms with Crippen molar-refractivity contribution in [2.75, 3.05) is 48.5 Å². The van der Waals surface area contributed by atoms with Crippen molar-refractivity contribution in [1.82, 2.24) is 15.5 Å². The summed E-state index contributed by atoms with van der Waals surface area (Å²) in [5, 5.41) is 5.78. The quantitative estimate of drug-likeness (QED) is 0.269. The maximum atomic E-state index is 13.8. The van der Waals surface area contributed by atoms with E-state index in [2.05, 4.69) is 10.6 Å². The van der Waals surface area contributed by atoms with Crippen LogP contribution in [0.25, 0.3) is 0 Å². The van der Waals surface area contributed by atoms with Crippen LogP contribution in [0, 0.1) is 11.8 Å². The summed E-state index contributed by atoms with van der Waals surface area (Å²) in [6.45, 7) is 8.44. The number of fused-ring (bicyclic) bond motifs is 2. The number of hydrogen-bond donors (Lipinski definition) is 3. The van der Waals surface area contributed by atoms with Crippen LogP contribution in [0.5, 0.6) is 0 Å². The van der Waals surface area contributed by atoms with Crippen molar-refractivity contribution in [3.63, 3.8) is 0 Å². The second-order valence-corrected chi connectivity index (χ2v) is 11.9. The molecule has 12 nitrogen and oxygen atoms in total. The van der Waals surface area contributed by atoms with Crippen molar-refractivity contribution < 1.29 is 38.1 Å². The van der Waals surface area contributed by atoms with Gasteiger partial charge in [-0.15, -0.1) is 0 Å². The van der Waals surface area contributed by atoms with E-state index in [0.717, 1.165) is 0 Å². The highest BCUT2D eigenvalue weighted by Crippen LogP contribution is 2.29. The fraction of sp³-hybridized carbons (Fsp3) is 0.576. The van der Waals surface area contributed by atoms with Crippen molar-refractivity contribution in [2.45, 2.75) is 65.0 Å². The second kappa shape index (κ2) is 17.8. The summed E-state index contributed by atoms with van der Waals surface area (Å²) in [5.74, 6) is -1.66. The highest BCUT2D eigenvalue weighted by atomic mass is 16.6. The molecule has 12 heteroatoms. The summed E-state index contributed by atoms with van der Waals surface area (Å²) in [6.07, 6.45) is 5.27. The first-order chi connectivity index (χ1) is 21.2. The number of methoxy groups -OCH3 is 3. The molecular formula is C33H50N4O8. The molecule has 1 aliphatic carbocycles. The predicted octanol–water partition coefficient (Wildman–Crippen LogP) is 2.57. The van der Waals surface area contributed by atoms with E-state index in [9.17, 15) is 19.2 Å². The van der Waals surface area contributed by atoms with Gasteiger partial charge in [0.15, 0.2) is 6.10 Å². The van der Waals surface area contributed by atoms with Gasteiger partial charge in [-0.25, -0.2) is 4.79 Å². The Labute approximate surface area is 266 Å². The van der Waals surface area contributed by atoms with Gasteiger partial charge in [-0.2, -0.15) is 0 Å². The lowest BCUT2D eigenvalue weighted by Crippen LogP contribution is -2.39. The number of nitrogens with one attached hydrogen (secondary N) is 2. The van der Waals surface area contributed by atoms with Crippen LogP contribution in [0.3, 0.4) is 0 Å². The number of hydrogen-bond acceptors (Lipinski definition) is 10. The molecule has 0 spiro atoms. The van der Waals surface area contributed by atoms with E-state index in [1.165, 1.54) is 19.3 Å². The number of carbonyl (C=O) groups is 4. The normalized spacial score (nSPS) is 30.5. The molecule has 2 rings (SSSR count). The summed E-state index contributed by atoms with van der Waals surface area (Å²) in [6, 6.07) is 0. The number of likely N-dealkylation sites (N-methyl/N-ethyl adjacent to an activating group) is 1. The van der Waals surface area contributed by atoms with Crippen molar-refractivity contribution >= 4 is 23.6 Å². The average Bonchev–Trinajstić information content (AvgIpc) is 2.97. The van der Waals surface area contributed by atoms with Gasteiger partial charge in [0.2, 0.25) is 11.6 Å². The van der Waals surface area contributed by atoms with E-state index in [1.54, 1.807) is 33.3 Å². The number of rotatable bonds is 8. The number of amides is 2. The van der Waals surface area contributed by atoms with E-state index in [4.69, 9.17) is 24.7 Å². The van der Waals surface area contributed by atoms with E-state index in [-0.39, 0.29) is 47.1 Å². The van der Waals surface area contributed by atoms with Gasteiger partial charge in [-0.3, -0.25) is 14.4 Å². The molecule has 1 heterocycles. The maximum Gasteiger partial charge on any atom is 0.405 e. The molecule has 4 N–H and O–H groups in total. The molecule has 2 bridgehead atoms. The number of ether oxygens (including phenoxy) is 4. The minimum absolute atomic E-state index is 0.0868. The lowest BCUT2D eigenvalue weighted by molar-refractivity contribution is -0.120. The van der Waals surface area contributed by atoms with Gasteiger partial charge in [-0.1, -0.05) is 38.2 Å². The molecule has 250 valence electrons. The van der Waals surface area contributed by atoms with Gasteiger partial charge < -0.3 is 40.2 Å². The van der Waals surface area contributed by atoms with E-state index < -0.39 is 36.1 Å². The molecule has 0 saturated carbocycles. The molecule has 0 aromatic heterocycles. The summed E-state index contributed by atoms with van der Waals surface area (Å²) in [4.78, 5) is 54.0. The standard InChI is InChI=1S/C33H50N4O8/c1-19-15-23-28(35-13-14-37(5)6)25(38)18-24(29(23)39)36-32(40)20(2)11-10-12-26(42-7)31(45-33(34)41)22(4)17-21(3)30(44-9)27(16-19)43-8/h10-12,17-19,21,26-27,30-31,35H,13-16H2,1-9H3,(H2,34,41)(H,36,40)/b12-10-,20-11+,22-17+/t19-,21+,26?,27+,30-,31+/m1/s1. The van der Waals surface area contributed by atoms with Crippen LogP contribution in [0.2, 0.25) is 0 Å². The van der Waals surface area contributed by atoms with Gasteiger partial charge in [0.1, 0.15) is 6.10 Å². The summed E-state index contributed by atoms with van der Waals surface area (Å²) < 4.78 is 22.9. The molecule has 2 amide bonds. The SMILES string of the molecule is COC1/C=C\C=C(/C)C(=O)NC2=CC(=O)C(NCCN(C)C)=C(C[C@@H](C)C[C@H](OC)[C@H](OC)[C@@H](C)/C=C(\C)[C@@H]1OC(N)=O)C2=O. The Balaban J connectivity index is 2.64. The third-order valence-electron chi connectivity index (χ3n) is 7.89. The van der Waals surface area contributed by atoms with Crippen LogP contribution >= 0.6 is 0 Å². The van der Waals surface area contributed by atoms with Gasteiger partial charge in [-0.05, 0) is 52.3 Å². The Kier molecular flexibility index (Phi) is 14.9. The third-order valence-corrected chi connectivity index (χ3v) is 7.89. The minimum atomic E-state index is -0.962. The molecule has 2 aliphatic rings. The minimum Gasteiger partial charge on any atom is -0.439 e. The van der Waals surface area contributed by atoms with Crippen LogP contribution in [0.1, 0.15) is 40.5 Å². The lowest BCUT2D eigenvalue weighted by Gasteiger charge is -2.32. The summed E-state index contributed by atoms with van der Waals surface area (Å²) in [5.41, 5.74) is 6.82. The molecular weight excluding hydrogens is 580 g/mol. The van der Waals surface area contributed by atoms with E-state index in [1.807, 2.05) is 45.8 Å². The zero-order chi connectivity index (χ0) is 33.8. The van der Waals surface area contributed by atoms with Crippen LogP contribution in [-0.4, -0.2) is 101 Å². The van der Waals surface area contributed by atoms with Gasteiger partial charge in [0, 0.05) is 57.6 Å². The fourth-order valence-electron chi connectivity index (χ4n) is 5.54. The zero-order valence-corrected chi connectivity index (χ0v) is 28.0. The van der Waals surface area contributed by atoms with Crippen LogP contribution in [0.15, 0.2) is 58.5 Å². The number of ketones is 2.